The summed E-state index contributed by atoms with van der Waals surface area (Å²) in [6, 6.07) is 14.0. The average Bonchev–Trinajstić information content (AvgIpc) is 2.76. The minimum absolute atomic E-state index is 0.127. The largest absolute Gasteiger partial charge is 0.410 e. The monoisotopic (exact) mass is 261 g/mol. The first-order chi connectivity index (χ1) is 8.31. The molecular formula is C13H8ClNOS. The third-order valence-corrected chi connectivity index (χ3v) is 4.21. The summed E-state index contributed by atoms with van der Waals surface area (Å²) >= 11 is 7.56. The standard InChI is InChI=1S/C13H8ClNOS/c14-13(15-16)10-6-3-5-9-8-4-1-2-7-11(8)17-12(9)10/h1-7,16H/b15-13-. The van der Waals surface area contributed by atoms with Gasteiger partial charge in [0.25, 0.3) is 0 Å². The van der Waals surface area contributed by atoms with Crippen LogP contribution in [0.1, 0.15) is 5.56 Å². The fourth-order valence-electron chi connectivity index (χ4n) is 1.96. The van der Waals surface area contributed by atoms with Gasteiger partial charge in [0.1, 0.15) is 0 Å². The van der Waals surface area contributed by atoms with E-state index in [1.54, 1.807) is 11.3 Å². The Kier molecular flexibility index (Phi) is 2.50. The third-order valence-electron chi connectivity index (χ3n) is 2.71. The molecule has 0 aliphatic heterocycles. The van der Waals surface area contributed by atoms with E-state index in [9.17, 15) is 0 Å². The first-order valence-corrected chi connectivity index (χ1v) is 6.29. The van der Waals surface area contributed by atoms with Gasteiger partial charge >= 0.3 is 0 Å². The molecule has 84 valence electrons. The lowest BCUT2D eigenvalue weighted by Gasteiger charge is -1.98. The predicted molar refractivity (Wildman–Crippen MR) is 73.5 cm³/mol. The van der Waals surface area contributed by atoms with Gasteiger partial charge in [0.15, 0.2) is 5.17 Å². The molecule has 0 radical (unpaired) electrons. The zero-order valence-electron chi connectivity index (χ0n) is 8.72. The molecule has 0 fully saturated rings. The molecule has 0 saturated heterocycles. The van der Waals surface area contributed by atoms with Crippen molar-refractivity contribution < 1.29 is 5.21 Å². The maximum absolute atomic E-state index is 8.78. The summed E-state index contributed by atoms with van der Waals surface area (Å²) in [5.41, 5.74) is 0.771. The molecule has 17 heavy (non-hydrogen) atoms. The molecule has 0 aliphatic carbocycles. The van der Waals surface area contributed by atoms with Gasteiger partial charge in [-0.05, 0) is 6.07 Å². The van der Waals surface area contributed by atoms with Crippen molar-refractivity contribution in [3.05, 3.63) is 48.0 Å². The van der Waals surface area contributed by atoms with E-state index in [-0.39, 0.29) is 5.17 Å². The Morgan fingerprint density at radius 1 is 1.06 bits per heavy atom. The Bertz CT molecular complexity index is 732. The van der Waals surface area contributed by atoms with Crippen molar-refractivity contribution in [2.24, 2.45) is 5.16 Å². The summed E-state index contributed by atoms with van der Waals surface area (Å²) in [5.74, 6) is 0. The second-order valence-corrected chi connectivity index (χ2v) is 5.08. The highest BCUT2D eigenvalue weighted by molar-refractivity contribution is 7.26. The van der Waals surface area contributed by atoms with Crippen molar-refractivity contribution in [2.45, 2.75) is 0 Å². The Morgan fingerprint density at radius 3 is 2.65 bits per heavy atom. The first kappa shape index (κ1) is 10.6. The van der Waals surface area contributed by atoms with Gasteiger partial charge in [0, 0.05) is 25.7 Å². The summed E-state index contributed by atoms with van der Waals surface area (Å²) in [5, 5.41) is 14.3. The average molecular weight is 262 g/mol. The molecule has 1 N–H and O–H groups in total. The summed E-state index contributed by atoms with van der Waals surface area (Å²) in [7, 11) is 0. The number of benzene rings is 2. The van der Waals surface area contributed by atoms with Gasteiger partial charge in [-0.25, -0.2) is 0 Å². The van der Waals surface area contributed by atoms with Crippen molar-refractivity contribution in [3.8, 4) is 0 Å². The number of hydrogen-bond acceptors (Lipinski definition) is 3. The van der Waals surface area contributed by atoms with E-state index >= 15 is 0 Å². The van der Waals surface area contributed by atoms with Crippen molar-refractivity contribution >= 4 is 48.3 Å². The van der Waals surface area contributed by atoms with Crippen LogP contribution in [0.2, 0.25) is 0 Å². The molecule has 0 amide bonds. The van der Waals surface area contributed by atoms with Gasteiger partial charge in [0.05, 0.1) is 0 Å². The van der Waals surface area contributed by atoms with Crippen molar-refractivity contribution in [1.29, 1.82) is 0 Å². The van der Waals surface area contributed by atoms with Crippen LogP contribution in [0, 0.1) is 0 Å². The quantitative estimate of drug-likeness (QED) is 0.392. The molecule has 3 aromatic rings. The van der Waals surface area contributed by atoms with Gasteiger partial charge < -0.3 is 5.21 Å². The van der Waals surface area contributed by atoms with Gasteiger partial charge in [-0.2, -0.15) is 0 Å². The second-order valence-electron chi connectivity index (χ2n) is 3.67. The highest BCUT2D eigenvalue weighted by Crippen LogP contribution is 2.36. The summed E-state index contributed by atoms with van der Waals surface area (Å²) in [4.78, 5) is 0. The van der Waals surface area contributed by atoms with Crippen molar-refractivity contribution in [1.82, 2.24) is 0 Å². The van der Waals surface area contributed by atoms with E-state index < -0.39 is 0 Å². The number of thiophene rings is 1. The molecule has 0 saturated carbocycles. The molecule has 0 spiro atoms. The smallest absolute Gasteiger partial charge is 0.176 e. The lowest BCUT2D eigenvalue weighted by molar-refractivity contribution is 0.321. The zero-order chi connectivity index (χ0) is 11.8. The van der Waals surface area contributed by atoms with E-state index in [1.165, 1.54) is 10.1 Å². The van der Waals surface area contributed by atoms with E-state index in [4.69, 9.17) is 16.8 Å². The van der Waals surface area contributed by atoms with Crippen LogP contribution >= 0.6 is 22.9 Å². The number of halogens is 1. The molecule has 1 aromatic heterocycles. The van der Waals surface area contributed by atoms with Gasteiger partial charge in [0.2, 0.25) is 0 Å². The molecule has 3 rings (SSSR count). The Balaban J connectivity index is 2.48. The fourth-order valence-corrected chi connectivity index (χ4v) is 3.39. The number of hydrogen-bond donors (Lipinski definition) is 1. The molecular weight excluding hydrogens is 254 g/mol. The highest BCUT2D eigenvalue weighted by atomic mass is 35.5. The SMILES string of the molecule is O/N=C(\Cl)c1cccc2c1sc1ccccc12. The zero-order valence-corrected chi connectivity index (χ0v) is 10.3. The Hall–Kier alpha value is -1.58. The summed E-state index contributed by atoms with van der Waals surface area (Å²) < 4.78 is 2.26. The van der Waals surface area contributed by atoms with Crippen LogP contribution in [-0.2, 0) is 0 Å². The predicted octanol–water partition coefficient (Wildman–Crippen LogP) is 4.43. The van der Waals surface area contributed by atoms with Crippen LogP contribution in [-0.4, -0.2) is 10.4 Å². The molecule has 1 heterocycles. The molecule has 0 unspecified atom stereocenters. The maximum Gasteiger partial charge on any atom is 0.176 e. The van der Waals surface area contributed by atoms with Crippen LogP contribution in [0.3, 0.4) is 0 Å². The first-order valence-electron chi connectivity index (χ1n) is 5.09. The molecule has 0 bridgehead atoms. The summed E-state index contributed by atoms with van der Waals surface area (Å²) in [6.07, 6.45) is 0. The third kappa shape index (κ3) is 1.59. The lowest BCUT2D eigenvalue weighted by Crippen LogP contribution is -1.90. The lowest BCUT2D eigenvalue weighted by atomic mass is 10.1. The highest BCUT2D eigenvalue weighted by Gasteiger charge is 2.11. The van der Waals surface area contributed by atoms with E-state index in [1.807, 2.05) is 24.3 Å². The van der Waals surface area contributed by atoms with Crippen LogP contribution in [0.4, 0.5) is 0 Å². The molecule has 2 aromatic carbocycles. The van der Waals surface area contributed by atoms with Crippen LogP contribution in [0.15, 0.2) is 47.6 Å². The number of oxime groups is 1. The Labute approximate surface area is 107 Å². The molecule has 2 nitrogen and oxygen atoms in total. The van der Waals surface area contributed by atoms with E-state index in [2.05, 4.69) is 23.4 Å². The maximum atomic E-state index is 8.78. The van der Waals surface area contributed by atoms with Gasteiger partial charge in [-0.15, -0.1) is 11.3 Å². The number of nitrogens with zero attached hydrogens (tertiary/aromatic N) is 1. The number of fused-ring (bicyclic) bond motifs is 3. The molecule has 0 atom stereocenters. The van der Waals surface area contributed by atoms with Crippen LogP contribution in [0.5, 0.6) is 0 Å². The molecule has 0 aliphatic rings. The van der Waals surface area contributed by atoms with Gasteiger partial charge in [-0.3, -0.25) is 0 Å². The van der Waals surface area contributed by atoms with E-state index in [0.29, 0.717) is 0 Å². The number of rotatable bonds is 1. The topological polar surface area (TPSA) is 32.6 Å². The summed E-state index contributed by atoms with van der Waals surface area (Å²) in [6.45, 7) is 0. The minimum atomic E-state index is 0.127. The van der Waals surface area contributed by atoms with Crippen molar-refractivity contribution in [3.63, 3.8) is 0 Å². The van der Waals surface area contributed by atoms with Crippen LogP contribution in [0.25, 0.3) is 20.2 Å². The minimum Gasteiger partial charge on any atom is -0.410 e. The second kappa shape index (κ2) is 4.02. The van der Waals surface area contributed by atoms with E-state index in [0.717, 1.165) is 15.6 Å². The van der Waals surface area contributed by atoms with Crippen LogP contribution < -0.4 is 0 Å². The van der Waals surface area contributed by atoms with Crippen molar-refractivity contribution in [2.75, 3.05) is 0 Å². The van der Waals surface area contributed by atoms with Gasteiger partial charge in [-0.1, -0.05) is 53.2 Å². The fraction of sp³-hybridized carbons (Fsp3) is 0. The molecule has 4 heteroatoms. The Morgan fingerprint density at radius 2 is 1.82 bits per heavy atom. The normalized spacial score (nSPS) is 12.4.